The molecule has 0 bridgehead atoms. The highest BCUT2D eigenvalue weighted by Gasteiger charge is 2.37. The van der Waals surface area contributed by atoms with Crippen LogP contribution in [0.2, 0.25) is 10.0 Å². The zero-order chi connectivity index (χ0) is 27.1. The van der Waals surface area contributed by atoms with Crippen molar-refractivity contribution in [1.29, 1.82) is 0 Å². The second kappa shape index (κ2) is 13.0. The molecule has 0 radical (unpaired) electrons. The molecule has 9 nitrogen and oxygen atoms in total. The van der Waals surface area contributed by atoms with Crippen molar-refractivity contribution in [3.8, 4) is 0 Å². The molecular weight excluding hydrogens is 539 g/mol. The molecule has 1 fully saturated rings. The van der Waals surface area contributed by atoms with Gasteiger partial charge in [0, 0.05) is 31.0 Å². The van der Waals surface area contributed by atoms with E-state index in [1.54, 1.807) is 47.4 Å². The van der Waals surface area contributed by atoms with Crippen LogP contribution >= 0.6 is 35.0 Å². The topological polar surface area (TPSA) is 119 Å². The number of nitrogens with zero attached hydrogens (tertiary/aromatic N) is 2. The van der Waals surface area contributed by atoms with Gasteiger partial charge < -0.3 is 25.5 Å². The Morgan fingerprint density at radius 1 is 1.08 bits per heavy atom. The highest BCUT2D eigenvalue weighted by atomic mass is 35.5. The Bertz CT molecular complexity index is 1140. The molecule has 37 heavy (non-hydrogen) atoms. The molecule has 12 heteroatoms. The lowest BCUT2D eigenvalue weighted by molar-refractivity contribution is -0.142. The standard InChI is InChI=1S/C25H28Cl2N4O5S/c1-3-30(4-2)25(36)31-14-37-13-20(31)22(32)29-19(24(34)35)12-15-8-10-16(11-9-15)28-23(33)21-17(26)6-5-7-18(21)27/h5-11,19-20H,3-4,12-14H2,1-2H3,(H,28,33)(H,29,32)(H,34,35)/t19-,20+/m0/s1. The summed E-state index contributed by atoms with van der Waals surface area (Å²) in [6, 6.07) is 9.16. The van der Waals surface area contributed by atoms with Gasteiger partial charge in [0.2, 0.25) is 5.91 Å². The number of carbonyl (C=O) groups excluding carboxylic acids is 3. The molecule has 198 valence electrons. The fourth-order valence-electron chi connectivity index (χ4n) is 3.86. The van der Waals surface area contributed by atoms with Gasteiger partial charge in [-0.05, 0) is 43.7 Å². The van der Waals surface area contributed by atoms with Crippen molar-refractivity contribution in [3.05, 3.63) is 63.6 Å². The molecule has 4 amide bonds. The van der Waals surface area contributed by atoms with Gasteiger partial charge in [-0.25, -0.2) is 9.59 Å². The number of hydrogen-bond acceptors (Lipinski definition) is 5. The Balaban J connectivity index is 1.64. The minimum absolute atomic E-state index is 0.0233. The van der Waals surface area contributed by atoms with Crippen LogP contribution in [0.15, 0.2) is 42.5 Å². The molecule has 3 N–H and O–H groups in total. The number of anilines is 1. The SMILES string of the molecule is CCN(CC)C(=O)N1CSC[C@@H]1C(=O)N[C@@H](Cc1ccc(NC(=O)c2c(Cl)cccc2Cl)cc1)C(=O)O. The van der Waals surface area contributed by atoms with Gasteiger partial charge in [-0.1, -0.05) is 41.4 Å². The molecule has 2 aromatic rings. The highest BCUT2D eigenvalue weighted by molar-refractivity contribution is 7.99. The molecule has 0 aromatic heterocycles. The fraction of sp³-hybridized carbons (Fsp3) is 0.360. The van der Waals surface area contributed by atoms with Gasteiger partial charge in [-0.15, -0.1) is 11.8 Å². The van der Waals surface area contributed by atoms with Crippen molar-refractivity contribution >= 4 is 64.5 Å². The van der Waals surface area contributed by atoms with E-state index in [0.29, 0.717) is 36.0 Å². The maximum absolute atomic E-state index is 13.0. The molecule has 3 rings (SSSR count). The third-order valence-electron chi connectivity index (χ3n) is 5.92. The van der Waals surface area contributed by atoms with E-state index in [-0.39, 0.29) is 28.1 Å². The van der Waals surface area contributed by atoms with Gasteiger partial charge in [0.05, 0.1) is 21.5 Å². The summed E-state index contributed by atoms with van der Waals surface area (Å²) in [6.45, 7) is 4.76. The van der Waals surface area contributed by atoms with E-state index in [1.165, 1.54) is 16.7 Å². The van der Waals surface area contributed by atoms with Crippen molar-refractivity contribution < 1.29 is 24.3 Å². The monoisotopic (exact) mass is 566 g/mol. The maximum atomic E-state index is 13.0. The summed E-state index contributed by atoms with van der Waals surface area (Å²) >= 11 is 13.6. The van der Waals surface area contributed by atoms with E-state index in [4.69, 9.17) is 23.2 Å². The molecule has 0 saturated carbocycles. The van der Waals surface area contributed by atoms with Crippen LogP contribution in [-0.2, 0) is 16.0 Å². The van der Waals surface area contributed by atoms with E-state index in [1.807, 2.05) is 13.8 Å². The summed E-state index contributed by atoms with van der Waals surface area (Å²) in [4.78, 5) is 53.3. The molecular formula is C25H28Cl2N4O5S. The highest BCUT2D eigenvalue weighted by Crippen LogP contribution is 2.26. The predicted octanol–water partition coefficient (Wildman–Crippen LogP) is 4.19. The van der Waals surface area contributed by atoms with Crippen molar-refractivity contribution in [2.75, 3.05) is 30.0 Å². The molecule has 2 atom stereocenters. The molecule has 0 unspecified atom stereocenters. The van der Waals surface area contributed by atoms with Crippen LogP contribution in [0, 0.1) is 0 Å². The number of thioether (sulfide) groups is 1. The lowest BCUT2D eigenvalue weighted by atomic mass is 10.0. The average Bonchev–Trinajstić information content (AvgIpc) is 3.35. The zero-order valence-electron chi connectivity index (χ0n) is 20.4. The van der Waals surface area contributed by atoms with Crippen LogP contribution in [0.5, 0.6) is 0 Å². The van der Waals surface area contributed by atoms with Crippen LogP contribution in [0.25, 0.3) is 0 Å². The lowest BCUT2D eigenvalue weighted by Crippen LogP contribution is -2.54. The number of hydrogen-bond donors (Lipinski definition) is 3. The smallest absolute Gasteiger partial charge is 0.326 e. The molecule has 1 aliphatic rings. The first-order valence-corrected chi connectivity index (χ1v) is 13.6. The zero-order valence-corrected chi connectivity index (χ0v) is 22.7. The molecule has 0 spiro atoms. The first kappa shape index (κ1) is 28.6. The van der Waals surface area contributed by atoms with Gasteiger partial charge in [0.1, 0.15) is 12.1 Å². The second-order valence-electron chi connectivity index (χ2n) is 8.29. The van der Waals surface area contributed by atoms with Crippen LogP contribution in [0.3, 0.4) is 0 Å². The van der Waals surface area contributed by atoms with E-state index >= 15 is 0 Å². The first-order valence-electron chi connectivity index (χ1n) is 11.7. The summed E-state index contributed by atoms with van der Waals surface area (Å²) in [6.07, 6.45) is 0.0233. The third-order valence-corrected chi connectivity index (χ3v) is 7.56. The summed E-state index contributed by atoms with van der Waals surface area (Å²) in [5, 5.41) is 15.5. The van der Waals surface area contributed by atoms with Crippen molar-refractivity contribution in [2.24, 2.45) is 0 Å². The number of rotatable bonds is 9. The number of carbonyl (C=O) groups is 4. The van der Waals surface area contributed by atoms with E-state index in [0.717, 1.165) is 0 Å². The molecule has 0 aliphatic carbocycles. The first-order chi connectivity index (χ1) is 17.7. The maximum Gasteiger partial charge on any atom is 0.326 e. The number of benzene rings is 2. The van der Waals surface area contributed by atoms with Gasteiger partial charge in [-0.3, -0.25) is 9.59 Å². The Kier molecular flexibility index (Phi) is 10.1. The summed E-state index contributed by atoms with van der Waals surface area (Å²) in [7, 11) is 0. The van der Waals surface area contributed by atoms with Crippen LogP contribution in [0.1, 0.15) is 29.8 Å². The number of carboxylic acids is 1. The predicted molar refractivity (Wildman–Crippen MR) is 145 cm³/mol. The summed E-state index contributed by atoms with van der Waals surface area (Å²) < 4.78 is 0. The largest absolute Gasteiger partial charge is 0.480 e. The summed E-state index contributed by atoms with van der Waals surface area (Å²) in [5.41, 5.74) is 1.26. The number of aliphatic carboxylic acids is 1. The second-order valence-corrected chi connectivity index (χ2v) is 10.1. The van der Waals surface area contributed by atoms with Crippen molar-refractivity contribution in [1.82, 2.24) is 15.1 Å². The van der Waals surface area contributed by atoms with Crippen LogP contribution in [-0.4, -0.2) is 75.5 Å². The Morgan fingerprint density at radius 2 is 1.70 bits per heavy atom. The molecule has 1 heterocycles. The molecule has 2 aromatic carbocycles. The lowest BCUT2D eigenvalue weighted by Gasteiger charge is -2.30. The van der Waals surface area contributed by atoms with Crippen molar-refractivity contribution in [3.63, 3.8) is 0 Å². The van der Waals surface area contributed by atoms with E-state index in [9.17, 15) is 24.3 Å². The van der Waals surface area contributed by atoms with Gasteiger partial charge >= 0.3 is 12.0 Å². The fourth-order valence-corrected chi connectivity index (χ4v) is 5.58. The van der Waals surface area contributed by atoms with Crippen molar-refractivity contribution in [2.45, 2.75) is 32.4 Å². The molecule has 1 aliphatic heterocycles. The third kappa shape index (κ3) is 7.09. The average molecular weight is 567 g/mol. The van der Waals surface area contributed by atoms with Gasteiger partial charge in [0.15, 0.2) is 0 Å². The number of urea groups is 1. The number of amides is 4. The van der Waals surface area contributed by atoms with Crippen LogP contribution in [0.4, 0.5) is 10.5 Å². The Hall–Kier alpha value is -2.95. The van der Waals surface area contributed by atoms with E-state index in [2.05, 4.69) is 10.6 Å². The number of halogens is 2. The number of carboxylic acid groups (broad SMARTS) is 1. The minimum Gasteiger partial charge on any atom is -0.480 e. The summed E-state index contributed by atoms with van der Waals surface area (Å²) in [5.74, 6) is -1.39. The van der Waals surface area contributed by atoms with E-state index < -0.39 is 29.9 Å². The van der Waals surface area contributed by atoms with Gasteiger partial charge in [0.25, 0.3) is 5.91 Å². The van der Waals surface area contributed by atoms with Gasteiger partial charge in [-0.2, -0.15) is 0 Å². The quantitative estimate of drug-likeness (QED) is 0.418. The molecule has 1 saturated heterocycles. The number of nitrogens with one attached hydrogen (secondary N) is 2. The normalized spacial score (nSPS) is 15.7. The Labute approximate surface area is 229 Å². The van der Waals surface area contributed by atoms with Crippen LogP contribution < -0.4 is 10.6 Å². The minimum atomic E-state index is -1.19. The Morgan fingerprint density at radius 3 is 2.27 bits per heavy atom.